The van der Waals surface area contributed by atoms with Crippen LogP contribution in [0.3, 0.4) is 0 Å². The van der Waals surface area contributed by atoms with Gasteiger partial charge in [0, 0.05) is 42.0 Å². The maximum Gasteiger partial charge on any atom is 0.241 e. The Morgan fingerprint density at radius 1 is 1.08 bits per heavy atom. The van der Waals surface area contributed by atoms with Gasteiger partial charge in [0.2, 0.25) is 16.0 Å². The van der Waals surface area contributed by atoms with Gasteiger partial charge in [-0.1, -0.05) is 6.07 Å². The van der Waals surface area contributed by atoms with Crippen LogP contribution in [0.5, 0.6) is 5.75 Å². The molecule has 1 aliphatic rings. The number of likely N-dealkylation sites (tertiary alicyclic amines) is 1. The lowest BCUT2D eigenvalue weighted by Crippen LogP contribution is -2.40. The molecule has 1 atom stereocenters. The number of aromatic nitrogens is 2. The number of ether oxygens (including phenoxy) is 1. The van der Waals surface area contributed by atoms with Gasteiger partial charge in [0.05, 0.1) is 4.90 Å². The molecular weight excluding hydrogens is 488 g/mol. The summed E-state index contributed by atoms with van der Waals surface area (Å²) in [7, 11) is -3.71. The predicted molar refractivity (Wildman–Crippen MR) is 147 cm³/mol. The minimum atomic E-state index is -3.71. The number of sulfonamides is 1. The Hall–Kier alpha value is -3.21. The zero-order valence-corrected chi connectivity index (χ0v) is 22.2. The summed E-state index contributed by atoms with van der Waals surface area (Å²) in [6.45, 7) is 5.91. The van der Waals surface area contributed by atoms with Gasteiger partial charge in [-0.25, -0.2) is 18.1 Å². The van der Waals surface area contributed by atoms with E-state index in [0.717, 1.165) is 5.56 Å². The number of hydrogen-bond acceptors (Lipinski definition) is 8. The number of benzene rings is 2. The third kappa shape index (κ3) is 7.88. The molecule has 1 aliphatic heterocycles. The summed E-state index contributed by atoms with van der Waals surface area (Å²) in [5.41, 5.74) is 1.37. The summed E-state index contributed by atoms with van der Waals surface area (Å²) in [6.07, 6.45) is -2.38. The molecule has 0 bridgehead atoms. The second-order valence-corrected chi connectivity index (χ2v) is 11.3. The summed E-state index contributed by atoms with van der Waals surface area (Å²) in [5.74, 6) is 1.33. The van der Waals surface area contributed by atoms with Crippen molar-refractivity contribution in [2.75, 3.05) is 36.9 Å². The van der Waals surface area contributed by atoms with E-state index in [0.29, 0.717) is 28.9 Å². The zero-order valence-electron chi connectivity index (χ0n) is 26.4. The van der Waals surface area contributed by atoms with Gasteiger partial charge < -0.3 is 15.4 Å². The Kier molecular flexibility index (Phi) is 6.44. The van der Waals surface area contributed by atoms with Gasteiger partial charge in [0.15, 0.2) is 0 Å². The molecule has 10 heteroatoms. The highest BCUT2D eigenvalue weighted by atomic mass is 32.2. The molecule has 0 saturated carbocycles. The number of nitrogens with zero attached hydrogens (tertiary/aromatic N) is 3. The number of nitrogens with one attached hydrogen (secondary N) is 3. The molecule has 1 fully saturated rings. The summed E-state index contributed by atoms with van der Waals surface area (Å²) >= 11 is 0. The van der Waals surface area contributed by atoms with Gasteiger partial charge >= 0.3 is 0 Å². The molecule has 3 aromatic rings. The van der Waals surface area contributed by atoms with Gasteiger partial charge in [0.1, 0.15) is 18.2 Å². The van der Waals surface area contributed by atoms with Crippen LogP contribution in [0.4, 0.5) is 23.1 Å². The van der Waals surface area contributed by atoms with Crippen molar-refractivity contribution in [2.24, 2.45) is 0 Å². The first kappa shape index (κ1) is 20.8. The molecule has 9 nitrogen and oxygen atoms in total. The maximum atomic E-state index is 12.8. The first-order valence-corrected chi connectivity index (χ1v) is 13.3. The average molecular weight is 530 g/mol. The monoisotopic (exact) mass is 529 g/mol. The van der Waals surface area contributed by atoms with E-state index in [2.05, 4.69) is 25.3 Å². The van der Waals surface area contributed by atoms with Crippen LogP contribution in [-0.2, 0) is 10.0 Å². The molecule has 2 aromatic carbocycles. The van der Waals surface area contributed by atoms with Crippen molar-refractivity contribution >= 4 is 33.2 Å². The first-order chi connectivity index (χ1) is 19.4. The third-order valence-electron chi connectivity index (χ3n) is 5.20. The topological polar surface area (TPSA) is 108 Å². The van der Waals surface area contributed by atoms with Crippen LogP contribution in [-0.4, -0.2) is 55.0 Å². The van der Waals surface area contributed by atoms with Crippen molar-refractivity contribution in [3.05, 3.63) is 60.3 Å². The molecule has 0 radical (unpaired) electrons. The summed E-state index contributed by atoms with van der Waals surface area (Å²) in [6, 6.07) is 13.4. The van der Waals surface area contributed by atoms with Crippen molar-refractivity contribution in [3.63, 3.8) is 0 Å². The van der Waals surface area contributed by atoms with Crippen LogP contribution in [0, 0.1) is 6.92 Å². The Bertz CT molecular complexity index is 1500. The smallest absolute Gasteiger partial charge is 0.241 e. The van der Waals surface area contributed by atoms with Crippen LogP contribution >= 0.6 is 0 Å². The van der Waals surface area contributed by atoms with Gasteiger partial charge in [-0.15, -0.1) is 0 Å². The lowest BCUT2D eigenvalue weighted by atomic mass is 10.1. The van der Waals surface area contributed by atoms with E-state index in [4.69, 9.17) is 11.6 Å². The summed E-state index contributed by atoms with van der Waals surface area (Å²) in [5, 5.41) is 6.29. The molecule has 37 heavy (non-hydrogen) atoms. The van der Waals surface area contributed by atoms with Crippen LogP contribution in [0.2, 0.25) is 0 Å². The first-order valence-electron chi connectivity index (χ1n) is 14.4. The highest BCUT2D eigenvalue weighted by molar-refractivity contribution is 7.89. The van der Waals surface area contributed by atoms with Crippen LogP contribution in [0.1, 0.15) is 45.9 Å². The molecule has 1 unspecified atom stereocenters. The third-order valence-corrected chi connectivity index (χ3v) is 6.96. The van der Waals surface area contributed by atoms with Crippen molar-refractivity contribution in [1.82, 2.24) is 19.6 Å². The van der Waals surface area contributed by atoms with Gasteiger partial charge in [-0.2, -0.15) is 4.98 Å². The molecule has 0 spiro atoms. The average Bonchev–Trinajstić information content (AvgIpc) is 3.11. The fourth-order valence-electron chi connectivity index (χ4n) is 3.47. The molecule has 0 amide bonds. The van der Waals surface area contributed by atoms with Gasteiger partial charge in [0.25, 0.3) is 0 Å². The zero-order chi connectivity index (χ0) is 30.9. The second kappa shape index (κ2) is 11.5. The Balaban J connectivity index is 1.38. The molecule has 1 saturated heterocycles. The van der Waals surface area contributed by atoms with E-state index in [-0.39, 0.29) is 24.6 Å². The normalized spacial score (nSPS) is 20.1. The van der Waals surface area contributed by atoms with Crippen LogP contribution in [0.25, 0.3) is 0 Å². The summed E-state index contributed by atoms with van der Waals surface area (Å²) < 4.78 is 73.5. The fraction of sp³-hybridized carbons (Fsp3) is 0.407. The standard InChI is InChI=1S/C27H36N6O3S/c1-20-19-28-26(30-21-10-12-23(13-11-21)36-17-16-33-14-5-6-15-33)31-25(20)29-22-8-7-9-24(18-22)37(34,35)32-27(2,3)4/h7-13,18-19,32H,5-6,14-17H2,1-4H3,(H2,28,29,30,31)/i5D2,6D2,16D. The van der Waals surface area contributed by atoms with Gasteiger partial charge in [-0.3, -0.25) is 4.90 Å². The minimum absolute atomic E-state index is 0.0379. The fourth-order valence-corrected chi connectivity index (χ4v) is 4.93. The van der Waals surface area contributed by atoms with E-state index < -0.39 is 34.8 Å². The molecule has 2 heterocycles. The Morgan fingerprint density at radius 2 is 1.81 bits per heavy atom. The van der Waals surface area contributed by atoms with Crippen LogP contribution < -0.4 is 20.1 Å². The molecular formula is C27H36N6O3S. The van der Waals surface area contributed by atoms with Crippen molar-refractivity contribution in [1.29, 1.82) is 0 Å². The molecule has 0 aliphatic carbocycles. The summed E-state index contributed by atoms with van der Waals surface area (Å²) in [4.78, 5) is 10.4. The number of anilines is 4. The lowest BCUT2D eigenvalue weighted by molar-refractivity contribution is 0.238. The van der Waals surface area contributed by atoms with Crippen molar-refractivity contribution in [2.45, 2.75) is 50.9 Å². The Labute approximate surface area is 226 Å². The number of aryl methyl sites for hydroxylation is 1. The number of hydrogen-bond donors (Lipinski definition) is 3. The maximum absolute atomic E-state index is 12.8. The minimum Gasteiger partial charge on any atom is -0.492 e. The highest BCUT2D eigenvalue weighted by Gasteiger charge is 2.22. The van der Waals surface area contributed by atoms with E-state index in [1.54, 1.807) is 69.4 Å². The molecule has 1 aromatic heterocycles. The second-order valence-electron chi connectivity index (χ2n) is 9.64. The molecule has 4 rings (SSSR count). The van der Waals surface area contributed by atoms with E-state index in [1.807, 2.05) is 6.92 Å². The SMILES string of the molecule is [2H]C(COc1ccc(Nc2ncc(C)c(Nc3cccc(S(=O)(=O)NC(C)(C)C)c3)n2)cc1)N1CC([2H])([2H])C([2H])([2H])C1. The molecule has 198 valence electrons. The van der Waals surface area contributed by atoms with Crippen molar-refractivity contribution < 1.29 is 20.0 Å². The highest BCUT2D eigenvalue weighted by Crippen LogP contribution is 2.24. The lowest BCUT2D eigenvalue weighted by Gasteiger charge is -2.20. The predicted octanol–water partition coefficient (Wildman–Crippen LogP) is 4.82. The van der Waals surface area contributed by atoms with E-state index >= 15 is 0 Å². The van der Waals surface area contributed by atoms with E-state index in [9.17, 15) is 8.42 Å². The largest absolute Gasteiger partial charge is 0.492 e. The number of rotatable bonds is 10. The van der Waals surface area contributed by atoms with E-state index in [1.165, 1.54) is 11.0 Å². The van der Waals surface area contributed by atoms with Crippen molar-refractivity contribution in [3.8, 4) is 5.75 Å². The van der Waals surface area contributed by atoms with Gasteiger partial charge in [-0.05, 0) is 96.0 Å². The quantitative estimate of drug-likeness (QED) is 0.343. The van der Waals surface area contributed by atoms with Crippen LogP contribution in [0.15, 0.2) is 59.6 Å². The Morgan fingerprint density at radius 3 is 2.51 bits per heavy atom. The molecule has 3 N–H and O–H groups in total.